The minimum absolute atomic E-state index is 0.0620. The van der Waals surface area contributed by atoms with Crippen molar-refractivity contribution in [3.63, 3.8) is 0 Å². The normalized spacial score (nSPS) is 14.0. The van der Waals surface area contributed by atoms with Crippen LogP contribution < -0.4 is 14.8 Å². The maximum absolute atomic E-state index is 13.2. The zero-order chi connectivity index (χ0) is 25.0. The average Bonchev–Trinajstić information content (AvgIpc) is 3.35. The molecule has 0 bridgehead atoms. The summed E-state index contributed by atoms with van der Waals surface area (Å²) >= 11 is 0. The first-order chi connectivity index (χ1) is 16.8. The van der Waals surface area contributed by atoms with Crippen LogP contribution in [0, 0.1) is 13.8 Å². The summed E-state index contributed by atoms with van der Waals surface area (Å²) in [5, 5.41) is 2.74. The van der Waals surface area contributed by atoms with Crippen LogP contribution in [0.3, 0.4) is 0 Å². The van der Waals surface area contributed by atoms with Crippen molar-refractivity contribution in [3.05, 3.63) is 77.0 Å². The summed E-state index contributed by atoms with van der Waals surface area (Å²) in [6.45, 7) is 6.74. The van der Waals surface area contributed by atoms with Gasteiger partial charge in [-0.15, -0.1) is 0 Å². The fraction of sp³-hybridized carbons (Fsp3) is 0.308. The Morgan fingerprint density at radius 1 is 1.06 bits per heavy atom. The third kappa shape index (κ3) is 5.80. The number of anilines is 2. The molecule has 4 rings (SSSR count). The van der Waals surface area contributed by atoms with Crippen LogP contribution in [-0.4, -0.2) is 44.4 Å². The maximum atomic E-state index is 13.2. The van der Waals surface area contributed by atoms with Gasteiger partial charge >= 0.3 is 0 Å². The van der Waals surface area contributed by atoms with Crippen molar-refractivity contribution in [2.75, 3.05) is 30.2 Å². The van der Waals surface area contributed by atoms with E-state index in [1.165, 1.54) is 32.2 Å². The Morgan fingerprint density at radius 2 is 1.71 bits per heavy atom. The molecule has 35 heavy (non-hydrogen) atoms. The van der Waals surface area contributed by atoms with Gasteiger partial charge in [0, 0.05) is 12.1 Å². The van der Waals surface area contributed by atoms with E-state index < -0.39 is 10.0 Å². The highest BCUT2D eigenvalue weighted by atomic mass is 32.2. The lowest BCUT2D eigenvalue weighted by Gasteiger charge is -2.16. The number of likely N-dealkylation sites (tertiary alicyclic amines) is 1. The highest BCUT2D eigenvalue weighted by Crippen LogP contribution is 2.29. The highest BCUT2D eigenvalue weighted by molar-refractivity contribution is 7.92. The van der Waals surface area contributed by atoms with Crippen molar-refractivity contribution >= 4 is 27.3 Å². The number of para-hydroxylation sites is 1. The number of nitrogens with one attached hydrogen (secondary N) is 2. The summed E-state index contributed by atoms with van der Waals surface area (Å²) in [6.07, 6.45) is 3.83. The van der Waals surface area contributed by atoms with E-state index in [9.17, 15) is 13.2 Å². The second-order valence-electron chi connectivity index (χ2n) is 8.74. The van der Waals surface area contributed by atoms with Crippen molar-refractivity contribution < 1.29 is 17.9 Å². The molecule has 1 saturated heterocycles. The summed E-state index contributed by atoms with van der Waals surface area (Å²) in [5.74, 6) is -0.413. The van der Waals surface area contributed by atoms with Gasteiger partial charge < -0.3 is 10.1 Å². The Hall–Kier alpha value is -3.43. The number of aryl methyl sites for hydroxylation is 2. The number of carbonyl (C=O) groups is 1. The smallest absolute Gasteiger partial charge is 0.267 e. The molecule has 2 heterocycles. The molecule has 3 aromatic rings. The van der Waals surface area contributed by atoms with Gasteiger partial charge in [0.05, 0.1) is 24.7 Å². The molecule has 1 aromatic heterocycles. The molecule has 0 saturated carbocycles. The van der Waals surface area contributed by atoms with Gasteiger partial charge in [-0.25, -0.2) is 13.4 Å². The Balaban J connectivity index is 1.52. The lowest BCUT2D eigenvalue weighted by Crippen LogP contribution is -2.19. The van der Waals surface area contributed by atoms with Gasteiger partial charge in [-0.2, -0.15) is 0 Å². The number of hydrogen-bond donors (Lipinski definition) is 2. The van der Waals surface area contributed by atoms with Crippen LogP contribution in [0.5, 0.6) is 5.88 Å². The monoisotopic (exact) mass is 494 g/mol. The molecule has 8 nitrogen and oxygen atoms in total. The largest absolute Gasteiger partial charge is 0.480 e. The number of sulfonamides is 1. The molecule has 9 heteroatoms. The first-order valence-corrected chi connectivity index (χ1v) is 13.0. The Bertz CT molecular complexity index is 1300. The second kappa shape index (κ2) is 10.5. The van der Waals surface area contributed by atoms with Crippen LogP contribution in [0.2, 0.25) is 0 Å². The van der Waals surface area contributed by atoms with Crippen LogP contribution in [0.25, 0.3) is 0 Å². The van der Waals surface area contributed by atoms with E-state index in [0.717, 1.165) is 36.3 Å². The zero-order valence-corrected chi connectivity index (χ0v) is 21.0. The summed E-state index contributed by atoms with van der Waals surface area (Å²) in [4.78, 5) is 19.2. The van der Waals surface area contributed by atoms with E-state index in [2.05, 4.69) is 19.9 Å². The van der Waals surface area contributed by atoms with Crippen LogP contribution >= 0.6 is 0 Å². The highest BCUT2D eigenvalue weighted by Gasteiger charge is 2.23. The lowest BCUT2D eigenvalue weighted by molar-refractivity contribution is 0.102. The number of hydrogen-bond acceptors (Lipinski definition) is 6. The predicted octanol–water partition coefficient (Wildman–Crippen LogP) is 4.36. The van der Waals surface area contributed by atoms with Crippen molar-refractivity contribution in [2.45, 2.75) is 38.1 Å². The number of pyridine rings is 1. The van der Waals surface area contributed by atoms with Crippen LogP contribution in [0.15, 0.2) is 59.6 Å². The number of nitrogens with zero attached hydrogens (tertiary/aromatic N) is 2. The van der Waals surface area contributed by atoms with E-state index in [-0.39, 0.29) is 22.4 Å². The summed E-state index contributed by atoms with van der Waals surface area (Å²) in [5.41, 5.74) is 3.96. The molecule has 2 aromatic carbocycles. The molecule has 1 aliphatic rings. The first kappa shape index (κ1) is 24.7. The maximum Gasteiger partial charge on any atom is 0.267 e. The summed E-state index contributed by atoms with van der Waals surface area (Å²) in [7, 11) is -2.69. The SMILES string of the molecule is COc1ncc(NC(=O)c2ccc(CN3CCCC3)cc2)cc1S(=O)(=O)Nc1c(C)cccc1C. The van der Waals surface area contributed by atoms with Crippen molar-refractivity contribution in [3.8, 4) is 5.88 Å². The van der Waals surface area contributed by atoms with E-state index in [4.69, 9.17) is 4.74 Å². The van der Waals surface area contributed by atoms with Gasteiger partial charge in [-0.3, -0.25) is 14.4 Å². The van der Waals surface area contributed by atoms with Crippen molar-refractivity contribution in [1.82, 2.24) is 9.88 Å². The molecular formula is C26H30N4O4S. The molecule has 0 spiro atoms. The van der Waals surface area contributed by atoms with E-state index in [0.29, 0.717) is 11.3 Å². The molecule has 1 amide bonds. The molecule has 0 unspecified atom stereocenters. The minimum Gasteiger partial charge on any atom is -0.480 e. The molecule has 2 N–H and O–H groups in total. The predicted molar refractivity (Wildman–Crippen MR) is 136 cm³/mol. The minimum atomic E-state index is -4.03. The van der Waals surface area contributed by atoms with Gasteiger partial charge in [-0.1, -0.05) is 30.3 Å². The van der Waals surface area contributed by atoms with Gasteiger partial charge in [0.25, 0.3) is 15.9 Å². The van der Waals surface area contributed by atoms with Gasteiger partial charge in [-0.05, 0) is 74.7 Å². The number of aromatic nitrogens is 1. The molecule has 0 aliphatic carbocycles. The van der Waals surface area contributed by atoms with E-state index in [1.54, 1.807) is 12.1 Å². The zero-order valence-electron chi connectivity index (χ0n) is 20.2. The molecule has 0 radical (unpaired) electrons. The fourth-order valence-corrected chi connectivity index (χ4v) is 5.52. The van der Waals surface area contributed by atoms with E-state index >= 15 is 0 Å². The fourth-order valence-electron chi connectivity index (χ4n) is 4.17. The number of rotatable bonds is 8. The second-order valence-corrected chi connectivity index (χ2v) is 10.4. The quantitative estimate of drug-likeness (QED) is 0.483. The van der Waals surface area contributed by atoms with Crippen molar-refractivity contribution in [1.29, 1.82) is 0 Å². The molecule has 1 aliphatic heterocycles. The Labute approximate surface area is 206 Å². The number of benzene rings is 2. The number of methoxy groups -OCH3 is 1. The summed E-state index contributed by atoms with van der Waals surface area (Å²) in [6, 6.07) is 14.3. The topological polar surface area (TPSA) is 101 Å². The van der Waals surface area contributed by atoms with Gasteiger partial charge in [0.15, 0.2) is 4.90 Å². The van der Waals surface area contributed by atoms with Crippen LogP contribution in [0.4, 0.5) is 11.4 Å². The van der Waals surface area contributed by atoms with Crippen LogP contribution in [0.1, 0.15) is 39.9 Å². The third-order valence-corrected chi connectivity index (χ3v) is 7.44. The number of amides is 1. The van der Waals surface area contributed by atoms with Gasteiger partial charge in [0.1, 0.15) is 0 Å². The van der Waals surface area contributed by atoms with E-state index in [1.807, 2.05) is 44.2 Å². The Morgan fingerprint density at radius 3 is 2.34 bits per heavy atom. The third-order valence-electron chi connectivity index (χ3n) is 6.10. The lowest BCUT2D eigenvalue weighted by atomic mass is 10.1. The average molecular weight is 495 g/mol. The van der Waals surface area contributed by atoms with Crippen LogP contribution in [-0.2, 0) is 16.6 Å². The molecule has 184 valence electrons. The number of carbonyl (C=O) groups excluding carboxylic acids is 1. The molecular weight excluding hydrogens is 464 g/mol. The first-order valence-electron chi connectivity index (χ1n) is 11.5. The van der Waals surface area contributed by atoms with Gasteiger partial charge in [0.2, 0.25) is 5.88 Å². The summed E-state index contributed by atoms with van der Waals surface area (Å²) < 4.78 is 34.3. The van der Waals surface area contributed by atoms with Crippen molar-refractivity contribution in [2.24, 2.45) is 0 Å². The Kier molecular flexibility index (Phi) is 7.37. The standard InChI is InChI=1S/C26H30N4O4S/c1-18-7-6-8-19(2)24(18)29-35(32,33)23-15-22(16-27-26(23)34-3)28-25(31)21-11-9-20(10-12-21)17-30-13-4-5-14-30/h6-12,15-16,29H,4-5,13-14,17H2,1-3H3,(H,28,31). The number of ether oxygens (including phenoxy) is 1. The molecule has 1 fully saturated rings. The molecule has 0 atom stereocenters.